The zero-order valence-corrected chi connectivity index (χ0v) is 14.1. The maximum Gasteiger partial charge on any atom is 0.0554 e. The lowest BCUT2D eigenvalue weighted by atomic mass is 9.96. The second kappa shape index (κ2) is 7.23. The first kappa shape index (κ1) is 15.5. The molecule has 4 aromatic carbocycles. The number of benzene rings is 4. The van der Waals surface area contributed by atoms with Crippen molar-refractivity contribution < 1.29 is 0 Å². The van der Waals surface area contributed by atoms with Crippen molar-refractivity contribution >= 4 is 16.5 Å². The van der Waals surface area contributed by atoms with Gasteiger partial charge in [0.15, 0.2) is 0 Å². The van der Waals surface area contributed by atoms with E-state index in [9.17, 15) is 0 Å². The summed E-state index contributed by atoms with van der Waals surface area (Å²) in [6, 6.07) is 36.6. The zero-order valence-electron chi connectivity index (χ0n) is 14.1. The first-order valence-corrected chi connectivity index (χ1v) is 8.73. The van der Waals surface area contributed by atoms with E-state index in [4.69, 9.17) is 0 Å². The molecule has 0 saturated carbocycles. The van der Waals surface area contributed by atoms with Crippen molar-refractivity contribution in [3.05, 3.63) is 114 Å². The summed E-state index contributed by atoms with van der Waals surface area (Å²) in [6.45, 7) is 0. The normalized spacial score (nSPS) is 12.0. The van der Waals surface area contributed by atoms with Gasteiger partial charge in [0, 0.05) is 5.69 Å². The number of para-hydroxylation sites is 1. The summed E-state index contributed by atoms with van der Waals surface area (Å²) in [7, 11) is 0. The molecule has 1 nitrogen and oxygen atoms in total. The number of hydrogen-bond acceptors (Lipinski definition) is 1. The second-order valence-electron chi connectivity index (χ2n) is 6.36. The Balaban J connectivity index is 1.65. The highest BCUT2D eigenvalue weighted by Gasteiger charge is 2.12. The summed E-state index contributed by atoms with van der Waals surface area (Å²) in [5.41, 5.74) is 3.80. The Morgan fingerprint density at radius 2 is 1.24 bits per heavy atom. The first-order chi connectivity index (χ1) is 12.4. The van der Waals surface area contributed by atoms with Gasteiger partial charge in [0.25, 0.3) is 0 Å². The standard InChI is InChI=1S/C24H21N/c1-3-10-21(11-4-1)24(25-23-13-5-2-6-14-23)18-19-15-16-20-9-7-8-12-22(20)17-19/h1-17,24-25H,18H2/t24-/m1/s1. The van der Waals surface area contributed by atoms with E-state index in [1.165, 1.54) is 21.9 Å². The third-order valence-electron chi connectivity index (χ3n) is 4.57. The van der Waals surface area contributed by atoms with Crippen LogP contribution in [0.15, 0.2) is 103 Å². The molecule has 0 aromatic heterocycles. The van der Waals surface area contributed by atoms with E-state index in [2.05, 4.69) is 102 Å². The largest absolute Gasteiger partial charge is 0.378 e. The lowest BCUT2D eigenvalue weighted by Crippen LogP contribution is -2.13. The fourth-order valence-electron chi connectivity index (χ4n) is 3.27. The number of rotatable bonds is 5. The van der Waals surface area contributed by atoms with Crippen LogP contribution >= 0.6 is 0 Å². The lowest BCUT2D eigenvalue weighted by Gasteiger charge is -2.21. The minimum absolute atomic E-state index is 0.241. The molecule has 0 radical (unpaired) electrons. The van der Waals surface area contributed by atoms with E-state index >= 15 is 0 Å². The minimum atomic E-state index is 0.241. The van der Waals surface area contributed by atoms with E-state index in [0.717, 1.165) is 12.1 Å². The smallest absolute Gasteiger partial charge is 0.0554 e. The summed E-state index contributed by atoms with van der Waals surface area (Å²) in [5, 5.41) is 6.28. The molecular formula is C24H21N. The molecule has 0 aliphatic heterocycles. The molecule has 4 rings (SSSR count). The molecule has 1 N–H and O–H groups in total. The van der Waals surface area contributed by atoms with Crippen LogP contribution in [-0.2, 0) is 6.42 Å². The summed E-state index contributed by atoms with van der Waals surface area (Å²) in [4.78, 5) is 0. The molecule has 0 saturated heterocycles. The molecule has 0 amide bonds. The molecule has 0 bridgehead atoms. The van der Waals surface area contributed by atoms with Crippen LogP contribution in [0, 0.1) is 0 Å². The molecule has 0 unspecified atom stereocenters. The summed E-state index contributed by atoms with van der Waals surface area (Å²) in [6.07, 6.45) is 0.948. The highest BCUT2D eigenvalue weighted by Crippen LogP contribution is 2.25. The zero-order chi connectivity index (χ0) is 16.9. The lowest BCUT2D eigenvalue weighted by molar-refractivity contribution is 0.776. The van der Waals surface area contributed by atoms with E-state index < -0.39 is 0 Å². The van der Waals surface area contributed by atoms with Crippen LogP contribution in [0.25, 0.3) is 10.8 Å². The van der Waals surface area contributed by atoms with Crippen molar-refractivity contribution in [2.45, 2.75) is 12.5 Å². The van der Waals surface area contributed by atoms with E-state index in [1.807, 2.05) is 6.07 Å². The van der Waals surface area contributed by atoms with Crippen molar-refractivity contribution in [2.24, 2.45) is 0 Å². The van der Waals surface area contributed by atoms with Gasteiger partial charge in [-0.05, 0) is 40.5 Å². The first-order valence-electron chi connectivity index (χ1n) is 8.73. The molecule has 122 valence electrons. The van der Waals surface area contributed by atoms with Crippen molar-refractivity contribution in [2.75, 3.05) is 5.32 Å². The van der Waals surface area contributed by atoms with E-state index in [0.29, 0.717) is 0 Å². The average molecular weight is 323 g/mol. The molecule has 0 aliphatic carbocycles. The van der Waals surface area contributed by atoms with Crippen LogP contribution < -0.4 is 5.32 Å². The van der Waals surface area contributed by atoms with Crippen molar-refractivity contribution in [1.82, 2.24) is 0 Å². The number of hydrogen-bond donors (Lipinski definition) is 1. The Labute approximate surface area is 149 Å². The third kappa shape index (κ3) is 3.72. The Kier molecular flexibility index (Phi) is 4.47. The van der Waals surface area contributed by atoms with Gasteiger partial charge in [0.2, 0.25) is 0 Å². The van der Waals surface area contributed by atoms with Crippen LogP contribution in [0.1, 0.15) is 17.2 Å². The number of anilines is 1. The van der Waals surface area contributed by atoms with Crippen LogP contribution in [0.4, 0.5) is 5.69 Å². The molecule has 25 heavy (non-hydrogen) atoms. The molecular weight excluding hydrogens is 302 g/mol. The van der Waals surface area contributed by atoms with E-state index in [-0.39, 0.29) is 6.04 Å². The highest BCUT2D eigenvalue weighted by molar-refractivity contribution is 5.83. The van der Waals surface area contributed by atoms with Gasteiger partial charge in [-0.2, -0.15) is 0 Å². The van der Waals surface area contributed by atoms with Crippen LogP contribution in [0.3, 0.4) is 0 Å². The predicted octanol–water partition coefficient (Wildman–Crippen LogP) is 6.24. The van der Waals surface area contributed by atoms with Crippen LogP contribution in [0.2, 0.25) is 0 Å². The van der Waals surface area contributed by atoms with Gasteiger partial charge in [-0.1, -0.05) is 91.0 Å². The molecule has 1 heteroatoms. The maximum atomic E-state index is 3.69. The Morgan fingerprint density at radius 3 is 2.00 bits per heavy atom. The van der Waals surface area contributed by atoms with Crippen molar-refractivity contribution in [1.29, 1.82) is 0 Å². The molecule has 0 heterocycles. The van der Waals surface area contributed by atoms with Gasteiger partial charge < -0.3 is 5.32 Å². The van der Waals surface area contributed by atoms with Crippen molar-refractivity contribution in [3.63, 3.8) is 0 Å². The molecule has 1 atom stereocenters. The van der Waals surface area contributed by atoms with Gasteiger partial charge in [-0.15, -0.1) is 0 Å². The monoisotopic (exact) mass is 323 g/mol. The Bertz CT molecular complexity index is 945. The summed E-state index contributed by atoms with van der Waals surface area (Å²) < 4.78 is 0. The van der Waals surface area contributed by atoms with Crippen LogP contribution in [0.5, 0.6) is 0 Å². The quantitative estimate of drug-likeness (QED) is 0.458. The minimum Gasteiger partial charge on any atom is -0.378 e. The third-order valence-corrected chi connectivity index (χ3v) is 4.57. The van der Waals surface area contributed by atoms with Gasteiger partial charge in [-0.3, -0.25) is 0 Å². The van der Waals surface area contributed by atoms with Crippen LogP contribution in [-0.4, -0.2) is 0 Å². The van der Waals surface area contributed by atoms with E-state index in [1.54, 1.807) is 0 Å². The predicted molar refractivity (Wildman–Crippen MR) is 107 cm³/mol. The molecule has 0 spiro atoms. The summed E-state index contributed by atoms with van der Waals surface area (Å²) in [5.74, 6) is 0. The Morgan fingerprint density at radius 1 is 0.600 bits per heavy atom. The van der Waals surface area contributed by atoms with Gasteiger partial charge in [0.05, 0.1) is 6.04 Å². The molecule has 0 fully saturated rings. The van der Waals surface area contributed by atoms with Gasteiger partial charge in [0.1, 0.15) is 0 Å². The fourth-order valence-corrected chi connectivity index (χ4v) is 3.27. The summed E-state index contributed by atoms with van der Waals surface area (Å²) >= 11 is 0. The van der Waals surface area contributed by atoms with Gasteiger partial charge in [-0.25, -0.2) is 0 Å². The number of nitrogens with one attached hydrogen (secondary N) is 1. The average Bonchev–Trinajstić information content (AvgIpc) is 2.69. The second-order valence-corrected chi connectivity index (χ2v) is 6.36. The maximum absolute atomic E-state index is 3.69. The number of fused-ring (bicyclic) bond motifs is 1. The topological polar surface area (TPSA) is 12.0 Å². The Hall–Kier alpha value is -3.06. The fraction of sp³-hybridized carbons (Fsp3) is 0.0833. The van der Waals surface area contributed by atoms with Crippen molar-refractivity contribution in [3.8, 4) is 0 Å². The van der Waals surface area contributed by atoms with Gasteiger partial charge >= 0.3 is 0 Å². The SMILES string of the molecule is c1ccc(N[C@H](Cc2ccc3ccccc3c2)c2ccccc2)cc1. The molecule has 4 aromatic rings. The highest BCUT2D eigenvalue weighted by atomic mass is 14.9. The molecule has 0 aliphatic rings.